The number of sulfonamides is 1. The molecule has 5 heteroatoms. The van der Waals surface area contributed by atoms with Crippen molar-refractivity contribution in [2.24, 2.45) is 34.7 Å². The van der Waals surface area contributed by atoms with Gasteiger partial charge in [-0.15, -0.1) is 0 Å². The summed E-state index contributed by atoms with van der Waals surface area (Å²) in [5.74, 6) is 2.13. The summed E-state index contributed by atoms with van der Waals surface area (Å²) in [5.41, 5.74) is 0. The third kappa shape index (κ3) is 6.66. The van der Waals surface area contributed by atoms with Crippen LogP contribution in [-0.4, -0.2) is 26.9 Å². The Morgan fingerprint density at radius 1 is 1.19 bits per heavy atom. The first-order valence-corrected chi connectivity index (χ1v) is 9.93. The van der Waals surface area contributed by atoms with Gasteiger partial charge in [0.15, 0.2) is 0 Å². The molecule has 0 spiro atoms. The lowest BCUT2D eigenvalue weighted by atomic mass is 9.75. The van der Waals surface area contributed by atoms with Crippen LogP contribution >= 0.6 is 0 Å². The molecule has 1 saturated carbocycles. The highest BCUT2D eigenvalue weighted by Crippen LogP contribution is 2.35. The van der Waals surface area contributed by atoms with E-state index < -0.39 is 10.0 Å². The van der Waals surface area contributed by atoms with Gasteiger partial charge < -0.3 is 4.74 Å². The molecule has 0 bridgehead atoms. The van der Waals surface area contributed by atoms with Gasteiger partial charge in [-0.25, -0.2) is 13.6 Å². The number of hydrogen-bond acceptors (Lipinski definition) is 3. The fourth-order valence-corrected chi connectivity index (χ4v) is 4.36. The summed E-state index contributed by atoms with van der Waals surface area (Å²) < 4.78 is 28.9. The molecule has 21 heavy (non-hydrogen) atoms. The topological polar surface area (TPSA) is 69.4 Å². The maximum Gasteiger partial charge on any atom is 0.209 e. The molecule has 0 saturated heterocycles. The Hall–Kier alpha value is -0.130. The molecule has 0 radical (unpaired) electrons. The fraction of sp³-hybridized carbons (Fsp3) is 1.00. The zero-order chi connectivity index (χ0) is 16.2. The van der Waals surface area contributed by atoms with Crippen molar-refractivity contribution in [3.8, 4) is 0 Å². The Morgan fingerprint density at radius 3 is 2.29 bits per heavy atom. The number of ether oxygens (including phenoxy) is 1. The van der Waals surface area contributed by atoms with E-state index in [4.69, 9.17) is 9.88 Å². The average molecular weight is 320 g/mol. The van der Waals surface area contributed by atoms with Gasteiger partial charge in [-0.05, 0) is 42.4 Å². The van der Waals surface area contributed by atoms with Crippen LogP contribution in [-0.2, 0) is 14.8 Å². The van der Waals surface area contributed by atoms with Gasteiger partial charge in [0.05, 0.1) is 18.5 Å². The lowest BCUT2D eigenvalue weighted by molar-refractivity contribution is -0.0535. The van der Waals surface area contributed by atoms with Crippen molar-refractivity contribution >= 4 is 10.0 Å². The molecule has 0 aromatic heterocycles. The summed E-state index contributed by atoms with van der Waals surface area (Å²) in [5, 5.41) is 5.20. The number of nitrogens with two attached hydrogens (primary N) is 1. The number of hydrogen-bond donors (Lipinski definition) is 1. The van der Waals surface area contributed by atoms with E-state index in [2.05, 4.69) is 20.8 Å². The van der Waals surface area contributed by atoms with Crippen molar-refractivity contribution in [3.05, 3.63) is 0 Å². The molecule has 1 aliphatic rings. The van der Waals surface area contributed by atoms with Crippen molar-refractivity contribution in [1.82, 2.24) is 0 Å². The standard InChI is InChI=1S/C16H33NO3S/c1-11(2)14(10-21(17,18)19)9-20-16-8-13(5)6-7-15(16)12(3)4/h11-16H,6-10H2,1-5H3,(H2,17,18,19). The molecule has 1 aliphatic carbocycles. The van der Waals surface area contributed by atoms with Crippen LogP contribution in [0.25, 0.3) is 0 Å². The first-order valence-electron chi connectivity index (χ1n) is 8.22. The zero-order valence-electron chi connectivity index (χ0n) is 14.2. The summed E-state index contributed by atoms with van der Waals surface area (Å²) >= 11 is 0. The highest BCUT2D eigenvalue weighted by molar-refractivity contribution is 7.89. The first kappa shape index (κ1) is 18.9. The first-order chi connectivity index (χ1) is 9.60. The van der Waals surface area contributed by atoms with E-state index in [-0.39, 0.29) is 23.7 Å². The molecule has 2 N–H and O–H groups in total. The largest absolute Gasteiger partial charge is 0.378 e. The molecule has 0 amide bonds. The van der Waals surface area contributed by atoms with Gasteiger partial charge in [0.1, 0.15) is 0 Å². The minimum absolute atomic E-state index is 0.0132. The summed E-state index contributed by atoms with van der Waals surface area (Å²) in [4.78, 5) is 0. The monoisotopic (exact) mass is 319 g/mol. The van der Waals surface area contributed by atoms with Gasteiger partial charge in [-0.3, -0.25) is 0 Å². The molecule has 0 aromatic rings. The van der Waals surface area contributed by atoms with E-state index >= 15 is 0 Å². The third-order valence-corrected chi connectivity index (χ3v) is 5.77. The van der Waals surface area contributed by atoms with Crippen molar-refractivity contribution in [2.75, 3.05) is 12.4 Å². The van der Waals surface area contributed by atoms with Gasteiger partial charge in [0, 0.05) is 0 Å². The Kier molecular flexibility index (Phi) is 7.14. The molecule has 4 unspecified atom stereocenters. The van der Waals surface area contributed by atoms with Gasteiger partial charge in [-0.2, -0.15) is 0 Å². The van der Waals surface area contributed by atoms with Crippen molar-refractivity contribution in [3.63, 3.8) is 0 Å². The zero-order valence-corrected chi connectivity index (χ0v) is 15.0. The van der Waals surface area contributed by atoms with Gasteiger partial charge in [0.2, 0.25) is 10.0 Å². The van der Waals surface area contributed by atoms with Crippen LogP contribution in [0.2, 0.25) is 0 Å². The molecule has 4 nitrogen and oxygen atoms in total. The van der Waals surface area contributed by atoms with E-state index in [1.807, 2.05) is 13.8 Å². The Labute approximate surface area is 130 Å². The highest BCUT2D eigenvalue weighted by Gasteiger charge is 2.32. The second-order valence-corrected chi connectivity index (χ2v) is 9.19. The summed E-state index contributed by atoms with van der Waals surface area (Å²) in [6, 6.07) is 0. The summed E-state index contributed by atoms with van der Waals surface area (Å²) in [6.45, 7) is 11.3. The predicted molar refractivity (Wildman–Crippen MR) is 87.4 cm³/mol. The number of primary sulfonamides is 1. The van der Waals surface area contributed by atoms with E-state index in [1.54, 1.807) is 0 Å². The third-order valence-electron chi connectivity index (χ3n) is 4.87. The SMILES string of the molecule is CC1CCC(C(C)C)C(OCC(CS(N)(=O)=O)C(C)C)C1. The van der Waals surface area contributed by atoms with Crippen LogP contribution in [0.15, 0.2) is 0 Å². The predicted octanol–water partition coefficient (Wildman–Crippen LogP) is 3.02. The minimum atomic E-state index is -3.44. The van der Waals surface area contributed by atoms with Crippen LogP contribution < -0.4 is 5.14 Å². The van der Waals surface area contributed by atoms with Crippen molar-refractivity contribution < 1.29 is 13.2 Å². The normalized spacial score (nSPS) is 29.0. The molecule has 1 rings (SSSR count). The quantitative estimate of drug-likeness (QED) is 0.784. The summed E-state index contributed by atoms with van der Waals surface area (Å²) in [7, 11) is -3.44. The number of rotatable bonds is 7. The molecule has 0 aliphatic heterocycles. The Balaban J connectivity index is 2.63. The minimum Gasteiger partial charge on any atom is -0.378 e. The van der Waals surface area contributed by atoms with Crippen LogP contribution in [0.1, 0.15) is 53.9 Å². The fourth-order valence-electron chi connectivity index (χ4n) is 3.28. The lowest BCUT2D eigenvalue weighted by Gasteiger charge is -2.38. The summed E-state index contributed by atoms with van der Waals surface area (Å²) in [6.07, 6.45) is 3.83. The van der Waals surface area contributed by atoms with E-state index in [1.165, 1.54) is 12.8 Å². The van der Waals surface area contributed by atoms with E-state index in [9.17, 15) is 8.42 Å². The molecular weight excluding hydrogens is 286 g/mol. The van der Waals surface area contributed by atoms with Gasteiger partial charge >= 0.3 is 0 Å². The molecular formula is C16H33NO3S. The van der Waals surface area contributed by atoms with Crippen LogP contribution in [0.3, 0.4) is 0 Å². The maximum absolute atomic E-state index is 11.3. The second kappa shape index (κ2) is 7.93. The molecule has 0 heterocycles. The Bertz CT molecular complexity index is 406. The van der Waals surface area contributed by atoms with Crippen molar-refractivity contribution in [1.29, 1.82) is 0 Å². The lowest BCUT2D eigenvalue weighted by Crippen LogP contribution is -2.37. The maximum atomic E-state index is 11.3. The highest BCUT2D eigenvalue weighted by atomic mass is 32.2. The van der Waals surface area contributed by atoms with Crippen LogP contribution in [0.5, 0.6) is 0 Å². The van der Waals surface area contributed by atoms with Crippen LogP contribution in [0, 0.1) is 29.6 Å². The van der Waals surface area contributed by atoms with Gasteiger partial charge in [-0.1, -0.05) is 41.0 Å². The van der Waals surface area contributed by atoms with Gasteiger partial charge in [0.25, 0.3) is 0 Å². The van der Waals surface area contributed by atoms with E-state index in [0.717, 1.165) is 6.42 Å². The average Bonchev–Trinajstić information content (AvgIpc) is 2.32. The van der Waals surface area contributed by atoms with E-state index in [0.29, 0.717) is 24.4 Å². The molecule has 126 valence electrons. The Morgan fingerprint density at radius 2 is 1.81 bits per heavy atom. The molecule has 0 aromatic carbocycles. The van der Waals surface area contributed by atoms with Crippen molar-refractivity contribution in [2.45, 2.75) is 60.0 Å². The second-order valence-electron chi connectivity index (χ2n) is 7.53. The van der Waals surface area contributed by atoms with Crippen LogP contribution in [0.4, 0.5) is 0 Å². The molecule has 4 atom stereocenters. The molecule has 1 fully saturated rings. The smallest absolute Gasteiger partial charge is 0.209 e.